The largest absolute Gasteiger partial charge is 0.361 e. The van der Waals surface area contributed by atoms with Crippen LogP contribution in [0.15, 0.2) is 34.9 Å². The summed E-state index contributed by atoms with van der Waals surface area (Å²) >= 11 is 0. The van der Waals surface area contributed by atoms with Gasteiger partial charge in [-0.1, -0.05) is 17.3 Å². The van der Waals surface area contributed by atoms with Gasteiger partial charge in [0, 0.05) is 19.2 Å². The number of aryl methyl sites for hydroxylation is 1. The summed E-state index contributed by atoms with van der Waals surface area (Å²) in [4.78, 5) is 14.6. The number of benzene rings is 1. The molecule has 1 aromatic heterocycles. The average Bonchev–Trinajstić information content (AvgIpc) is 2.98. The predicted molar refractivity (Wildman–Crippen MR) is 87.5 cm³/mol. The second-order valence-electron chi connectivity index (χ2n) is 6.35. The van der Waals surface area contributed by atoms with E-state index >= 15 is 0 Å². The molecule has 5 nitrogen and oxygen atoms in total. The number of aromatic nitrogens is 1. The van der Waals surface area contributed by atoms with Gasteiger partial charge in [0.05, 0.1) is 12.5 Å². The predicted octanol–water partition coefficient (Wildman–Crippen LogP) is 2.65. The van der Waals surface area contributed by atoms with Crippen LogP contribution in [-0.4, -0.2) is 29.1 Å². The molecule has 1 N–H and O–H groups in total. The van der Waals surface area contributed by atoms with E-state index in [0.717, 1.165) is 36.4 Å². The average molecular weight is 331 g/mol. The Bertz CT molecular complexity index is 701. The molecule has 3 rings (SSSR count). The fourth-order valence-corrected chi connectivity index (χ4v) is 3.13. The second-order valence-corrected chi connectivity index (χ2v) is 6.35. The summed E-state index contributed by atoms with van der Waals surface area (Å²) in [6, 6.07) is 8.45. The Balaban J connectivity index is 1.51. The van der Waals surface area contributed by atoms with Gasteiger partial charge in [-0.3, -0.25) is 9.69 Å². The molecule has 0 bridgehead atoms. The number of halogens is 1. The van der Waals surface area contributed by atoms with Crippen LogP contribution in [0.3, 0.4) is 0 Å². The number of hydrogen-bond acceptors (Lipinski definition) is 4. The van der Waals surface area contributed by atoms with Crippen LogP contribution in [0.2, 0.25) is 0 Å². The number of rotatable bonds is 5. The SMILES string of the molecule is Cc1cc(CNC(=O)[C@H]2CCCN(Cc3cccc(F)c3)C2)no1. The summed E-state index contributed by atoms with van der Waals surface area (Å²) in [6.07, 6.45) is 1.85. The monoisotopic (exact) mass is 331 g/mol. The van der Waals surface area contributed by atoms with Gasteiger partial charge in [0.25, 0.3) is 0 Å². The Morgan fingerprint density at radius 1 is 1.46 bits per heavy atom. The van der Waals surface area contributed by atoms with Crippen molar-refractivity contribution in [1.29, 1.82) is 0 Å². The fraction of sp³-hybridized carbons (Fsp3) is 0.444. The van der Waals surface area contributed by atoms with Crippen molar-refractivity contribution in [2.75, 3.05) is 13.1 Å². The highest BCUT2D eigenvalue weighted by Crippen LogP contribution is 2.19. The van der Waals surface area contributed by atoms with Gasteiger partial charge in [0.2, 0.25) is 5.91 Å². The fourth-order valence-electron chi connectivity index (χ4n) is 3.13. The maximum atomic E-state index is 13.3. The van der Waals surface area contributed by atoms with Crippen molar-refractivity contribution in [1.82, 2.24) is 15.4 Å². The van der Waals surface area contributed by atoms with E-state index in [-0.39, 0.29) is 17.6 Å². The van der Waals surface area contributed by atoms with Gasteiger partial charge in [-0.15, -0.1) is 0 Å². The molecule has 0 radical (unpaired) electrons. The van der Waals surface area contributed by atoms with Crippen LogP contribution < -0.4 is 5.32 Å². The standard InChI is InChI=1S/C18H22FN3O2/c1-13-8-17(21-24-13)10-20-18(23)15-5-3-7-22(12-15)11-14-4-2-6-16(19)9-14/h2,4,6,8-9,15H,3,5,7,10-12H2,1H3,(H,20,23)/t15-/m0/s1. The second kappa shape index (κ2) is 7.57. The number of carbonyl (C=O) groups is 1. The molecule has 1 saturated heterocycles. The third kappa shape index (κ3) is 4.41. The molecule has 1 atom stereocenters. The van der Waals surface area contributed by atoms with Crippen LogP contribution in [0.1, 0.15) is 29.9 Å². The van der Waals surface area contributed by atoms with E-state index in [1.165, 1.54) is 6.07 Å². The van der Waals surface area contributed by atoms with E-state index in [4.69, 9.17) is 4.52 Å². The van der Waals surface area contributed by atoms with Crippen LogP contribution in [0.25, 0.3) is 0 Å². The molecule has 6 heteroatoms. The van der Waals surface area contributed by atoms with E-state index in [9.17, 15) is 9.18 Å². The first-order chi connectivity index (χ1) is 11.6. The number of likely N-dealkylation sites (tertiary alicyclic amines) is 1. The maximum absolute atomic E-state index is 13.3. The van der Waals surface area contributed by atoms with Crippen LogP contribution >= 0.6 is 0 Å². The van der Waals surface area contributed by atoms with Crippen molar-refractivity contribution in [3.05, 3.63) is 53.2 Å². The van der Waals surface area contributed by atoms with E-state index in [1.54, 1.807) is 12.1 Å². The van der Waals surface area contributed by atoms with Gasteiger partial charge in [-0.25, -0.2) is 4.39 Å². The molecule has 2 heterocycles. The van der Waals surface area contributed by atoms with Crippen LogP contribution in [0.5, 0.6) is 0 Å². The zero-order chi connectivity index (χ0) is 16.9. The molecule has 128 valence electrons. The molecule has 1 aliphatic heterocycles. The first-order valence-electron chi connectivity index (χ1n) is 8.27. The van der Waals surface area contributed by atoms with Crippen molar-refractivity contribution < 1.29 is 13.7 Å². The molecule has 1 fully saturated rings. The number of amides is 1. The van der Waals surface area contributed by atoms with Crippen molar-refractivity contribution >= 4 is 5.91 Å². The van der Waals surface area contributed by atoms with Crippen LogP contribution in [-0.2, 0) is 17.9 Å². The Labute approximate surface area is 140 Å². The van der Waals surface area contributed by atoms with Gasteiger partial charge in [-0.05, 0) is 44.0 Å². The summed E-state index contributed by atoms with van der Waals surface area (Å²) in [5.41, 5.74) is 1.67. The molecule has 1 aromatic carbocycles. The van der Waals surface area contributed by atoms with Crippen molar-refractivity contribution in [3.8, 4) is 0 Å². The molecule has 1 aliphatic rings. The lowest BCUT2D eigenvalue weighted by Crippen LogP contribution is -2.42. The minimum atomic E-state index is -0.221. The van der Waals surface area contributed by atoms with Gasteiger partial charge < -0.3 is 9.84 Å². The number of piperidine rings is 1. The topological polar surface area (TPSA) is 58.4 Å². The summed E-state index contributed by atoms with van der Waals surface area (Å²) < 4.78 is 18.3. The smallest absolute Gasteiger partial charge is 0.224 e. The van der Waals surface area contributed by atoms with E-state index in [1.807, 2.05) is 19.1 Å². The molecule has 2 aromatic rings. The van der Waals surface area contributed by atoms with Gasteiger partial charge in [-0.2, -0.15) is 0 Å². The Morgan fingerprint density at radius 2 is 2.33 bits per heavy atom. The highest BCUT2D eigenvalue weighted by molar-refractivity contribution is 5.78. The van der Waals surface area contributed by atoms with E-state index in [0.29, 0.717) is 19.6 Å². The zero-order valence-electron chi connectivity index (χ0n) is 13.8. The normalized spacial score (nSPS) is 18.5. The first-order valence-corrected chi connectivity index (χ1v) is 8.27. The Hall–Kier alpha value is -2.21. The third-order valence-corrected chi connectivity index (χ3v) is 4.29. The van der Waals surface area contributed by atoms with E-state index in [2.05, 4.69) is 15.4 Å². The highest BCUT2D eigenvalue weighted by atomic mass is 19.1. The molecular formula is C18H22FN3O2. The van der Waals surface area contributed by atoms with E-state index < -0.39 is 0 Å². The van der Waals surface area contributed by atoms with Crippen molar-refractivity contribution in [2.24, 2.45) is 5.92 Å². The lowest BCUT2D eigenvalue weighted by molar-refractivity contribution is -0.127. The maximum Gasteiger partial charge on any atom is 0.224 e. The van der Waals surface area contributed by atoms with Crippen LogP contribution in [0.4, 0.5) is 4.39 Å². The quantitative estimate of drug-likeness (QED) is 0.915. The Kier molecular flexibility index (Phi) is 5.25. The lowest BCUT2D eigenvalue weighted by Gasteiger charge is -2.32. The summed E-state index contributed by atoms with van der Waals surface area (Å²) in [5, 5.41) is 6.80. The van der Waals surface area contributed by atoms with Crippen molar-refractivity contribution in [3.63, 3.8) is 0 Å². The summed E-state index contributed by atoms with van der Waals surface area (Å²) in [5.74, 6) is 0.514. The lowest BCUT2D eigenvalue weighted by atomic mass is 9.96. The molecule has 24 heavy (non-hydrogen) atoms. The Morgan fingerprint density at radius 3 is 3.08 bits per heavy atom. The first kappa shape index (κ1) is 16.6. The molecule has 0 spiro atoms. The van der Waals surface area contributed by atoms with Crippen LogP contribution in [0, 0.1) is 18.7 Å². The highest BCUT2D eigenvalue weighted by Gasteiger charge is 2.25. The molecular weight excluding hydrogens is 309 g/mol. The molecule has 1 amide bonds. The molecule has 0 aliphatic carbocycles. The third-order valence-electron chi connectivity index (χ3n) is 4.29. The van der Waals surface area contributed by atoms with Gasteiger partial charge >= 0.3 is 0 Å². The van der Waals surface area contributed by atoms with Gasteiger partial charge in [0.1, 0.15) is 17.3 Å². The number of nitrogens with one attached hydrogen (secondary N) is 1. The minimum absolute atomic E-state index is 0.0413. The number of hydrogen-bond donors (Lipinski definition) is 1. The summed E-state index contributed by atoms with van der Waals surface area (Å²) in [6.45, 7) is 4.51. The molecule has 0 saturated carbocycles. The minimum Gasteiger partial charge on any atom is -0.361 e. The zero-order valence-corrected chi connectivity index (χ0v) is 13.8. The number of nitrogens with zero attached hydrogens (tertiary/aromatic N) is 2. The summed E-state index contributed by atoms with van der Waals surface area (Å²) in [7, 11) is 0. The molecule has 0 unspecified atom stereocenters. The van der Waals surface area contributed by atoms with Gasteiger partial charge in [0.15, 0.2) is 0 Å². The number of carbonyl (C=O) groups excluding carboxylic acids is 1. The van der Waals surface area contributed by atoms with Crippen molar-refractivity contribution in [2.45, 2.75) is 32.9 Å².